The second-order valence-corrected chi connectivity index (χ2v) is 5.98. The molecule has 1 amide bonds. The molecule has 1 N–H and O–H groups in total. The van der Waals surface area contributed by atoms with E-state index >= 15 is 0 Å². The lowest BCUT2D eigenvalue weighted by atomic mass is 9.92. The third kappa shape index (κ3) is 2.78. The van der Waals surface area contributed by atoms with Crippen LogP contribution in [0, 0.1) is 11.3 Å². The van der Waals surface area contributed by atoms with Crippen molar-refractivity contribution in [1.82, 2.24) is 10.3 Å². The van der Waals surface area contributed by atoms with Crippen LogP contribution in [0.25, 0.3) is 0 Å². The molecule has 1 aromatic heterocycles. The zero-order chi connectivity index (χ0) is 13.3. The van der Waals surface area contributed by atoms with Crippen molar-refractivity contribution in [3.63, 3.8) is 0 Å². The molecule has 1 fully saturated rings. The number of nitrogens with one attached hydrogen (secondary N) is 1. The molecule has 2 rings (SSSR count). The van der Waals surface area contributed by atoms with Crippen LogP contribution in [-0.2, 0) is 0 Å². The van der Waals surface area contributed by atoms with E-state index in [2.05, 4.69) is 24.1 Å². The number of carbonyl (C=O) groups excluding carboxylic acids is 1. The van der Waals surface area contributed by atoms with Crippen molar-refractivity contribution in [2.24, 2.45) is 11.3 Å². The van der Waals surface area contributed by atoms with Gasteiger partial charge in [0, 0.05) is 12.7 Å². The maximum absolute atomic E-state index is 12.0. The molecule has 0 unspecified atom stereocenters. The topological polar surface area (TPSA) is 42.0 Å². The van der Waals surface area contributed by atoms with Gasteiger partial charge in [-0.1, -0.05) is 37.0 Å². The van der Waals surface area contributed by atoms with Crippen LogP contribution >= 0.6 is 23.2 Å². The largest absolute Gasteiger partial charge is 0.351 e. The number of carbonyl (C=O) groups is 1. The van der Waals surface area contributed by atoms with Crippen LogP contribution < -0.4 is 5.32 Å². The van der Waals surface area contributed by atoms with Gasteiger partial charge >= 0.3 is 0 Å². The van der Waals surface area contributed by atoms with Crippen LogP contribution in [0.15, 0.2) is 12.3 Å². The summed E-state index contributed by atoms with van der Waals surface area (Å²) in [5.74, 6) is 0.394. The van der Waals surface area contributed by atoms with E-state index in [0.717, 1.165) is 0 Å². The fourth-order valence-corrected chi connectivity index (χ4v) is 2.40. The molecule has 1 aliphatic carbocycles. The molecule has 0 atom stereocenters. The van der Waals surface area contributed by atoms with Gasteiger partial charge in [-0.3, -0.25) is 4.79 Å². The highest BCUT2D eigenvalue weighted by Crippen LogP contribution is 2.51. The predicted molar refractivity (Wildman–Crippen MR) is 73.1 cm³/mol. The minimum absolute atomic E-state index is 0.184. The van der Waals surface area contributed by atoms with Gasteiger partial charge in [-0.2, -0.15) is 0 Å². The minimum Gasteiger partial charge on any atom is -0.351 e. The lowest BCUT2D eigenvalue weighted by Gasteiger charge is -2.20. The van der Waals surface area contributed by atoms with Gasteiger partial charge in [-0.15, -0.1) is 0 Å². The number of hydrogen-bond acceptors (Lipinski definition) is 2. The predicted octanol–water partition coefficient (Wildman–Crippen LogP) is 3.55. The Labute approximate surface area is 117 Å². The van der Waals surface area contributed by atoms with E-state index in [0.29, 0.717) is 23.0 Å². The van der Waals surface area contributed by atoms with Gasteiger partial charge < -0.3 is 5.32 Å². The van der Waals surface area contributed by atoms with Crippen LogP contribution in [-0.4, -0.2) is 17.4 Å². The highest BCUT2D eigenvalue weighted by Gasteiger charge is 2.45. The third-order valence-corrected chi connectivity index (χ3v) is 4.29. The number of rotatable bonds is 4. The molecule has 0 aliphatic heterocycles. The number of aromatic nitrogens is 1. The summed E-state index contributed by atoms with van der Waals surface area (Å²) in [4.78, 5) is 15.9. The van der Waals surface area contributed by atoms with Crippen LogP contribution in [0.4, 0.5) is 0 Å². The van der Waals surface area contributed by atoms with Crippen molar-refractivity contribution >= 4 is 29.1 Å². The van der Waals surface area contributed by atoms with E-state index in [1.165, 1.54) is 25.1 Å². The lowest BCUT2D eigenvalue weighted by molar-refractivity contribution is 0.0940. The summed E-state index contributed by atoms with van der Waals surface area (Å²) in [7, 11) is 0. The molecule has 1 aliphatic rings. The van der Waals surface area contributed by atoms with Crippen molar-refractivity contribution in [2.45, 2.75) is 26.7 Å². The highest BCUT2D eigenvalue weighted by molar-refractivity contribution is 6.35. The molecule has 0 saturated heterocycles. The van der Waals surface area contributed by atoms with Crippen LogP contribution in [0.2, 0.25) is 10.2 Å². The lowest BCUT2D eigenvalue weighted by Crippen LogP contribution is -2.32. The zero-order valence-corrected chi connectivity index (χ0v) is 12.0. The van der Waals surface area contributed by atoms with Crippen molar-refractivity contribution in [2.75, 3.05) is 6.54 Å². The fourth-order valence-electron chi connectivity index (χ4n) is 2.06. The number of halogens is 2. The zero-order valence-electron chi connectivity index (χ0n) is 10.5. The first-order valence-corrected chi connectivity index (χ1v) is 6.79. The Morgan fingerprint density at radius 1 is 1.50 bits per heavy atom. The van der Waals surface area contributed by atoms with Crippen molar-refractivity contribution in [1.29, 1.82) is 0 Å². The summed E-state index contributed by atoms with van der Waals surface area (Å²) in [5, 5.41) is 3.54. The van der Waals surface area contributed by atoms with Gasteiger partial charge in [0.25, 0.3) is 5.91 Å². The van der Waals surface area contributed by atoms with Gasteiger partial charge in [-0.25, -0.2) is 4.98 Å². The Morgan fingerprint density at radius 2 is 2.17 bits per heavy atom. The summed E-state index contributed by atoms with van der Waals surface area (Å²) in [5.41, 5.74) is 0.662. The summed E-state index contributed by atoms with van der Waals surface area (Å²) >= 11 is 11.7. The normalized spacial score (nSPS) is 16.7. The van der Waals surface area contributed by atoms with Crippen LogP contribution in [0.5, 0.6) is 0 Å². The summed E-state index contributed by atoms with van der Waals surface area (Å²) in [6.07, 6.45) is 3.75. The quantitative estimate of drug-likeness (QED) is 0.860. The first kappa shape index (κ1) is 13.6. The standard InChI is InChI=1S/C13H16Cl2N2O/c1-8(2)13(3-4-13)7-17-12(18)9-5-11(15)16-6-10(9)14/h5-6,8H,3-4,7H2,1-2H3,(H,17,18). The van der Waals surface area contributed by atoms with Gasteiger partial charge in [0.2, 0.25) is 0 Å². The molecule has 3 nitrogen and oxygen atoms in total. The van der Waals surface area contributed by atoms with E-state index in [9.17, 15) is 4.79 Å². The Kier molecular flexibility index (Phi) is 3.83. The molecule has 5 heteroatoms. The Morgan fingerprint density at radius 3 is 2.72 bits per heavy atom. The summed E-state index contributed by atoms with van der Waals surface area (Å²) in [6, 6.07) is 1.49. The molecule has 0 spiro atoms. The second-order valence-electron chi connectivity index (χ2n) is 5.19. The molecular weight excluding hydrogens is 271 g/mol. The summed E-state index contributed by atoms with van der Waals surface area (Å²) < 4.78 is 0. The second kappa shape index (κ2) is 5.06. The SMILES string of the molecule is CC(C)C1(CNC(=O)c2cc(Cl)ncc2Cl)CC1. The first-order chi connectivity index (χ1) is 8.44. The Hall–Kier alpha value is -0.800. The molecule has 1 saturated carbocycles. The molecule has 0 aromatic carbocycles. The maximum Gasteiger partial charge on any atom is 0.252 e. The van der Waals surface area contributed by atoms with E-state index < -0.39 is 0 Å². The number of nitrogens with zero attached hydrogens (tertiary/aromatic N) is 1. The van der Waals surface area contributed by atoms with Crippen LogP contribution in [0.1, 0.15) is 37.0 Å². The number of amides is 1. The van der Waals surface area contributed by atoms with Crippen molar-refractivity contribution in [3.8, 4) is 0 Å². The van der Waals surface area contributed by atoms with Crippen LogP contribution in [0.3, 0.4) is 0 Å². The molecule has 98 valence electrons. The minimum atomic E-state index is -0.184. The van der Waals surface area contributed by atoms with E-state index in [1.54, 1.807) is 0 Å². The molecule has 1 aromatic rings. The van der Waals surface area contributed by atoms with Gasteiger partial charge in [0.05, 0.1) is 10.6 Å². The number of pyridine rings is 1. The van der Waals surface area contributed by atoms with Crippen molar-refractivity contribution in [3.05, 3.63) is 28.0 Å². The summed E-state index contributed by atoms with van der Waals surface area (Å²) in [6.45, 7) is 5.07. The van der Waals surface area contributed by atoms with Crippen molar-refractivity contribution < 1.29 is 4.79 Å². The number of hydrogen-bond donors (Lipinski definition) is 1. The van der Waals surface area contributed by atoms with Gasteiger partial charge in [-0.05, 0) is 30.2 Å². The average Bonchev–Trinajstić information content (AvgIpc) is 3.10. The Balaban J connectivity index is 2.02. The smallest absolute Gasteiger partial charge is 0.252 e. The monoisotopic (exact) mass is 286 g/mol. The molecule has 0 bridgehead atoms. The Bertz CT molecular complexity index is 470. The van der Waals surface area contributed by atoms with E-state index in [-0.39, 0.29) is 16.5 Å². The molecular formula is C13H16Cl2N2O. The van der Waals surface area contributed by atoms with E-state index in [4.69, 9.17) is 23.2 Å². The van der Waals surface area contributed by atoms with Gasteiger partial charge in [0.15, 0.2) is 0 Å². The van der Waals surface area contributed by atoms with E-state index in [1.807, 2.05) is 0 Å². The first-order valence-electron chi connectivity index (χ1n) is 6.04. The third-order valence-electron chi connectivity index (χ3n) is 3.78. The maximum atomic E-state index is 12.0. The fraction of sp³-hybridized carbons (Fsp3) is 0.538. The highest BCUT2D eigenvalue weighted by atomic mass is 35.5. The molecule has 18 heavy (non-hydrogen) atoms. The van der Waals surface area contributed by atoms with Gasteiger partial charge in [0.1, 0.15) is 5.15 Å². The molecule has 1 heterocycles. The average molecular weight is 287 g/mol. The molecule has 0 radical (unpaired) electrons.